The highest BCUT2D eigenvalue weighted by atomic mass is 32.1. The Kier molecular flexibility index (Phi) is 1.34. The minimum absolute atomic E-state index is 0.370. The van der Waals surface area contributed by atoms with E-state index in [1.165, 1.54) is 0 Å². The van der Waals surface area contributed by atoms with E-state index in [1.54, 1.807) is 0 Å². The fourth-order valence-corrected chi connectivity index (χ4v) is 0.529. The minimum Gasteiger partial charge on any atom is -0.341 e. The molecule has 1 heterocycles. The summed E-state index contributed by atoms with van der Waals surface area (Å²) in [7, 11) is 0. The number of hydrogen-bond donors (Lipinski definition) is 0. The van der Waals surface area contributed by atoms with Crippen molar-refractivity contribution >= 4 is 12.6 Å². The molecule has 0 bridgehead atoms. The molecule has 1 aliphatic heterocycles. The minimum atomic E-state index is -0.370. The Morgan fingerprint density at radius 2 is 1.83 bits per heavy atom. The van der Waals surface area contributed by atoms with Gasteiger partial charge in [-0.05, 0) is 12.6 Å². The van der Waals surface area contributed by atoms with Crippen LogP contribution in [-0.2, 0) is 9.47 Å². The van der Waals surface area contributed by atoms with Crippen molar-refractivity contribution in [1.82, 2.24) is 0 Å². The first-order valence-electron chi connectivity index (χ1n) is 1.78. The molecular weight excluding hydrogens is 100 g/mol. The molecule has 0 amide bonds. The molecule has 1 fully saturated rings. The fourth-order valence-electron chi connectivity index (χ4n) is 0.337. The molecule has 2 nitrogen and oxygen atoms in total. The molecule has 0 atom stereocenters. The molecule has 0 aromatic rings. The van der Waals surface area contributed by atoms with Crippen LogP contribution in [0.25, 0.3) is 0 Å². The second kappa shape index (κ2) is 1.82. The van der Waals surface area contributed by atoms with Crippen LogP contribution >= 0.6 is 12.6 Å². The average Bonchev–Trinajstić information content (AvgIpc) is 1.86. The molecule has 6 heavy (non-hydrogen) atoms. The lowest BCUT2D eigenvalue weighted by Gasteiger charge is -1.92. The van der Waals surface area contributed by atoms with Gasteiger partial charge in [0, 0.05) is 0 Å². The van der Waals surface area contributed by atoms with Gasteiger partial charge in [-0.3, -0.25) is 0 Å². The van der Waals surface area contributed by atoms with Crippen molar-refractivity contribution in [3.8, 4) is 0 Å². The Labute approximate surface area is 41.8 Å². The van der Waals surface area contributed by atoms with E-state index in [2.05, 4.69) is 12.6 Å². The van der Waals surface area contributed by atoms with E-state index in [4.69, 9.17) is 9.47 Å². The van der Waals surface area contributed by atoms with E-state index in [0.717, 1.165) is 0 Å². The summed E-state index contributed by atoms with van der Waals surface area (Å²) in [5, 5.41) is 0. The lowest BCUT2D eigenvalue weighted by atomic mass is 10.8. The second-order valence-electron chi connectivity index (χ2n) is 1.03. The Hall–Kier alpha value is 0.270. The molecule has 0 N–H and O–H groups in total. The summed E-state index contributed by atoms with van der Waals surface area (Å²) in [6.07, 6.45) is 0. The van der Waals surface area contributed by atoms with Gasteiger partial charge in [0.2, 0.25) is 5.62 Å². The molecule has 35 valence electrons. The summed E-state index contributed by atoms with van der Waals surface area (Å²) in [6.45, 7) is 1.32. The highest BCUT2D eigenvalue weighted by Gasteiger charge is 2.09. The fraction of sp³-hybridized carbons (Fsp3) is 1.00. The van der Waals surface area contributed by atoms with Crippen LogP contribution in [0.2, 0.25) is 0 Å². The van der Waals surface area contributed by atoms with E-state index >= 15 is 0 Å². The van der Waals surface area contributed by atoms with Crippen LogP contribution in [-0.4, -0.2) is 18.8 Å². The van der Waals surface area contributed by atoms with Crippen molar-refractivity contribution < 1.29 is 9.47 Å². The lowest BCUT2D eigenvalue weighted by molar-refractivity contribution is 0.0364. The van der Waals surface area contributed by atoms with Gasteiger partial charge >= 0.3 is 0 Å². The predicted octanol–water partition coefficient (Wildman–Crippen LogP) is 0.514. The molecule has 1 rings (SSSR count). The van der Waals surface area contributed by atoms with Gasteiger partial charge in [-0.2, -0.15) is 0 Å². The van der Waals surface area contributed by atoms with Gasteiger partial charge in [0.15, 0.2) is 0 Å². The monoisotopic (exact) mass is 105 g/mol. The Morgan fingerprint density at radius 3 is 2.00 bits per heavy atom. The van der Waals surface area contributed by atoms with Gasteiger partial charge in [0.25, 0.3) is 0 Å². The molecule has 1 aliphatic rings. The van der Waals surface area contributed by atoms with Crippen molar-refractivity contribution in [2.75, 3.05) is 13.2 Å². The molecule has 0 saturated carbocycles. The van der Waals surface area contributed by atoms with Crippen LogP contribution in [0.1, 0.15) is 0 Å². The lowest BCUT2D eigenvalue weighted by Crippen LogP contribution is -1.93. The summed E-state index contributed by atoms with van der Waals surface area (Å²) >= 11 is 4.56. The SMILES string of the molecule is [S]C1OCCO1. The van der Waals surface area contributed by atoms with Crippen molar-refractivity contribution in [2.45, 2.75) is 5.62 Å². The largest absolute Gasteiger partial charge is 0.341 e. The zero-order valence-corrected chi connectivity index (χ0v) is 4.03. The normalized spacial score (nSPS) is 25.5. The molecule has 0 aromatic heterocycles. The van der Waals surface area contributed by atoms with Crippen LogP contribution in [0.3, 0.4) is 0 Å². The predicted molar refractivity (Wildman–Crippen MR) is 23.3 cm³/mol. The summed E-state index contributed by atoms with van der Waals surface area (Å²) in [5.74, 6) is 0. The standard InChI is InChI=1S/C3H5O2S/c6-3-4-1-2-5-3/h3H,1-2H2. The third-order valence-electron chi connectivity index (χ3n) is 0.591. The van der Waals surface area contributed by atoms with Crippen molar-refractivity contribution in [1.29, 1.82) is 0 Å². The molecule has 0 aliphatic carbocycles. The third kappa shape index (κ3) is 0.864. The molecular formula is C3H5O2S. The Bertz CT molecular complexity index is 42.1. The first kappa shape index (κ1) is 4.43. The van der Waals surface area contributed by atoms with E-state index < -0.39 is 0 Å². The maximum atomic E-state index is 4.75. The van der Waals surface area contributed by atoms with Gasteiger partial charge in [-0.25, -0.2) is 0 Å². The highest BCUT2D eigenvalue weighted by molar-refractivity contribution is 7.80. The zero-order valence-electron chi connectivity index (χ0n) is 3.22. The topological polar surface area (TPSA) is 18.5 Å². The van der Waals surface area contributed by atoms with Crippen LogP contribution < -0.4 is 0 Å². The van der Waals surface area contributed by atoms with Crippen LogP contribution in [0.5, 0.6) is 0 Å². The van der Waals surface area contributed by atoms with Gasteiger partial charge in [0.05, 0.1) is 13.2 Å². The van der Waals surface area contributed by atoms with Crippen molar-refractivity contribution in [3.63, 3.8) is 0 Å². The summed E-state index contributed by atoms with van der Waals surface area (Å²) < 4.78 is 9.49. The summed E-state index contributed by atoms with van der Waals surface area (Å²) in [6, 6.07) is 0. The maximum absolute atomic E-state index is 4.75. The average molecular weight is 105 g/mol. The Balaban J connectivity index is 2.18. The van der Waals surface area contributed by atoms with E-state index in [0.29, 0.717) is 13.2 Å². The molecule has 1 saturated heterocycles. The van der Waals surface area contributed by atoms with Gasteiger partial charge < -0.3 is 9.47 Å². The van der Waals surface area contributed by atoms with Crippen LogP contribution in [0.15, 0.2) is 0 Å². The molecule has 0 unspecified atom stereocenters. The zero-order chi connectivity index (χ0) is 4.41. The molecule has 3 heteroatoms. The second-order valence-corrected chi connectivity index (χ2v) is 1.42. The van der Waals surface area contributed by atoms with Crippen LogP contribution in [0, 0.1) is 0 Å². The maximum Gasteiger partial charge on any atom is 0.217 e. The van der Waals surface area contributed by atoms with Gasteiger partial charge in [-0.15, -0.1) is 0 Å². The number of rotatable bonds is 0. The summed E-state index contributed by atoms with van der Waals surface area (Å²) in [5.41, 5.74) is -0.370. The third-order valence-corrected chi connectivity index (χ3v) is 0.863. The van der Waals surface area contributed by atoms with E-state index in [9.17, 15) is 0 Å². The smallest absolute Gasteiger partial charge is 0.217 e. The van der Waals surface area contributed by atoms with Gasteiger partial charge in [-0.1, -0.05) is 0 Å². The van der Waals surface area contributed by atoms with Crippen molar-refractivity contribution in [3.05, 3.63) is 0 Å². The van der Waals surface area contributed by atoms with E-state index in [1.807, 2.05) is 0 Å². The summed E-state index contributed by atoms with van der Waals surface area (Å²) in [4.78, 5) is 0. The first-order chi connectivity index (χ1) is 2.89. The number of ether oxygens (including phenoxy) is 2. The van der Waals surface area contributed by atoms with E-state index in [-0.39, 0.29) is 5.62 Å². The molecule has 1 radical (unpaired) electrons. The van der Waals surface area contributed by atoms with Crippen LogP contribution in [0.4, 0.5) is 0 Å². The molecule has 0 aromatic carbocycles. The van der Waals surface area contributed by atoms with Gasteiger partial charge in [0.1, 0.15) is 0 Å². The highest BCUT2D eigenvalue weighted by Crippen LogP contribution is 2.04. The first-order valence-corrected chi connectivity index (χ1v) is 2.26. The molecule has 0 spiro atoms. The quantitative estimate of drug-likeness (QED) is 0.447. The number of hydrogen-bond acceptors (Lipinski definition) is 2. The van der Waals surface area contributed by atoms with Crippen molar-refractivity contribution in [2.24, 2.45) is 0 Å². The Morgan fingerprint density at radius 1 is 1.33 bits per heavy atom.